The van der Waals surface area contributed by atoms with E-state index in [0.29, 0.717) is 5.56 Å². The first-order valence-corrected chi connectivity index (χ1v) is 9.53. The number of hydrogen-bond acceptors (Lipinski definition) is 3. The van der Waals surface area contributed by atoms with Crippen LogP contribution in [0.5, 0.6) is 5.75 Å². The number of nitrogens with one attached hydrogen (secondary N) is 1. The van der Waals surface area contributed by atoms with E-state index in [9.17, 15) is 27.2 Å². The number of carbonyl (C=O) groups excluding carboxylic acids is 1. The number of carboxylic acids is 1. The number of carbonyl (C=O) groups is 2. The van der Waals surface area contributed by atoms with Crippen LogP contribution < -0.4 is 10.1 Å². The summed E-state index contributed by atoms with van der Waals surface area (Å²) >= 11 is 5.93. The second-order valence-electron chi connectivity index (χ2n) is 6.90. The minimum atomic E-state index is -4.71. The van der Waals surface area contributed by atoms with Gasteiger partial charge < -0.3 is 15.2 Å². The lowest BCUT2D eigenvalue weighted by Crippen LogP contribution is -2.34. The Morgan fingerprint density at radius 1 is 1.19 bits per heavy atom. The van der Waals surface area contributed by atoms with Crippen LogP contribution in [0.4, 0.5) is 23.2 Å². The van der Waals surface area contributed by atoms with Gasteiger partial charge in [0.05, 0.1) is 29.7 Å². The minimum Gasteiger partial charge on any atom is -0.495 e. The number of alkyl halides is 3. The monoisotopic (exact) mass is 461 g/mol. The first kappa shape index (κ1) is 24.5. The van der Waals surface area contributed by atoms with Crippen molar-refractivity contribution in [2.75, 3.05) is 12.4 Å². The molecule has 2 aromatic carbocycles. The van der Waals surface area contributed by atoms with E-state index in [4.69, 9.17) is 21.4 Å². The molecule has 31 heavy (non-hydrogen) atoms. The molecular formula is C21H20ClF4NO4. The van der Waals surface area contributed by atoms with E-state index < -0.39 is 35.7 Å². The lowest BCUT2D eigenvalue weighted by molar-refractivity contribution is -0.178. The molecule has 0 radical (unpaired) electrons. The van der Waals surface area contributed by atoms with Gasteiger partial charge in [0.2, 0.25) is 5.91 Å². The number of aryl methyl sites for hydroxylation is 1. The van der Waals surface area contributed by atoms with Gasteiger partial charge in [0.15, 0.2) is 0 Å². The van der Waals surface area contributed by atoms with E-state index in [-0.39, 0.29) is 34.9 Å². The maximum Gasteiger partial charge on any atom is 0.392 e. The van der Waals surface area contributed by atoms with Gasteiger partial charge in [-0.05, 0) is 41.8 Å². The van der Waals surface area contributed by atoms with Crippen LogP contribution in [0, 0.1) is 11.7 Å². The molecule has 0 aliphatic rings. The van der Waals surface area contributed by atoms with Crippen molar-refractivity contribution in [2.24, 2.45) is 5.92 Å². The molecule has 2 N–H and O–H groups in total. The smallest absolute Gasteiger partial charge is 0.392 e. The van der Waals surface area contributed by atoms with Crippen LogP contribution in [0.15, 0.2) is 36.4 Å². The first-order chi connectivity index (χ1) is 14.4. The first-order valence-electron chi connectivity index (χ1n) is 9.15. The van der Waals surface area contributed by atoms with Crippen LogP contribution in [0.3, 0.4) is 0 Å². The predicted molar refractivity (Wildman–Crippen MR) is 107 cm³/mol. The maximum atomic E-state index is 14.2. The largest absolute Gasteiger partial charge is 0.495 e. The third-order valence-corrected chi connectivity index (χ3v) is 5.06. The third kappa shape index (κ3) is 6.33. The highest BCUT2D eigenvalue weighted by atomic mass is 35.5. The van der Waals surface area contributed by atoms with Gasteiger partial charge in [-0.15, -0.1) is 0 Å². The number of anilines is 1. The topological polar surface area (TPSA) is 75.6 Å². The Balaban J connectivity index is 2.40. The van der Waals surface area contributed by atoms with E-state index in [1.54, 1.807) is 0 Å². The number of ether oxygens (including phenoxy) is 1. The molecule has 10 heteroatoms. The molecule has 0 saturated carbocycles. The summed E-state index contributed by atoms with van der Waals surface area (Å²) in [6, 6.07) is 7.37. The quantitative estimate of drug-likeness (QED) is 0.514. The molecule has 5 nitrogen and oxygen atoms in total. The molecule has 0 heterocycles. The zero-order valence-electron chi connectivity index (χ0n) is 16.6. The number of methoxy groups -OCH3 is 1. The van der Waals surface area contributed by atoms with Crippen molar-refractivity contribution in [3.05, 3.63) is 58.4 Å². The molecule has 0 unspecified atom stereocenters. The molecular weight excluding hydrogens is 442 g/mol. The number of carboxylic acid groups (broad SMARTS) is 1. The van der Waals surface area contributed by atoms with Crippen LogP contribution in [-0.2, 0) is 16.0 Å². The predicted octanol–water partition coefficient (Wildman–Crippen LogP) is 5.43. The summed E-state index contributed by atoms with van der Waals surface area (Å²) in [5.74, 6) is -6.73. The third-order valence-electron chi connectivity index (χ3n) is 4.75. The van der Waals surface area contributed by atoms with Crippen molar-refractivity contribution >= 4 is 29.2 Å². The summed E-state index contributed by atoms with van der Waals surface area (Å²) < 4.78 is 59.7. The molecule has 2 atom stereocenters. The van der Waals surface area contributed by atoms with Gasteiger partial charge in [0.25, 0.3) is 0 Å². The average molecular weight is 462 g/mol. The number of aliphatic carboxylic acids is 1. The van der Waals surface area contributed by atoms with Crippen molar-refractivity contribution in [1.29, 1.82) is 0 Å². The lowest BCUT2D eigenvalue weighted by atomic mass is 9.85. The maximum absolute atomic E-state index is 14.2. The highest BCUT2D eigenvalue weighted by Crippen LogP contribution is 2.40. The molecule has 0 fully saturated rings. The van der Waals surface area contributed by atoms with Gasteiger partial charge in [0, 0.05) is 6.42 Å². The van der Waals surface area contributed by atoms with Crippen molar-refractivity contribution < 1.29 is 37.0 Å². The molecule has 1 amide bonds. The van der Waals surface area contributed by atoms with Crippen LogP contribution in [-0.4, -0.2) is 30.3 Å². The molecule has 2 rings (SSSR count). The Morgan fingerprint density at radius 2 is 1.87 bits per heavy atom. The van der Waals surface area contributed by atoms with Crippen molar-refractivity contribution in [3.63, 3.8) is 0 Å². The van der Waals surface area contributed by atoms with E-state index in [2.05, 4.69) is 5.32 Å². The van der Waals surface area contributed by atoms with Crippen molar-refractivity contribution in [1.82, 2.24) is 0 Å². The molecule has 0 aromatic heterocycles. The second-order valence-corrected chi connectivity index (χ2v) is 7.31. The molecule has 0 aliphatic heterocycles. The van der Waals surface area contributed by atoms with E-state index >= 15 is 0 Å². The molecule has 0 bridgehead atoms. The lowest BCUT2D eigenvalue weighted by Gasteiger charge is -2.26. The van der Waals surface area contributed by atoms with E-state index in [1.165, 1.54) is 37.4 Å². The van der Waals surface area contributed by atoms with E-state index in [0.717, 1.165) is 13.0 Å². The summed E-state index contributed by atoms with van der Waals surface area (Å²) in [5, 5.41) is 11.1. The number of halogens is 5. The normalized spacial score (nSPS) is 13.4. The van der Waals surface area contributed by atoms with Crippen LogP contribution >= 0.6 is 11.6 Å². The summed E-state index contributed by atoms with van der Waals surface area (Å²) in [5.41, 5.74) is 0.0619. The van der Waals surface area contributed by atoms with Crippen LogP contribution in [0.2, 0.25) is 5.02 Å². The fraction of sp³-hybridized carbons (Fsp3) is 0.333. The Bertz CT molecular complexity index is 965. The van der Waals surface area contributed by atoms with Gasteiger partial charge in [0.1, 0.15) is 11.6 Å². The average Bonchev–Trinajstić information content (AvgIpc) is 2.69. The van der Waals surface area contributed by atoms with Gasteiger partial charge in [-0.3, -0.25) is 9.59 Å². The Hall–Kier alpha value is -2.81. The van der Waals surface area contributed by atoms with Gasteiger partial charge in [-0.2, -0.15) is 13.2 Å². The number of benzene rings is 2. The number of hydrogen-bond donors (Lipinski definition) is 2. The minimum absolute atomic E-state index is 0.00832. The molecule has 0 spiro atoms. The van der Waals surface area contributed by atoms with Crippen molar-refractivity contribution in [3.8, 4) is 5.75 Å². The fourth-order valence-corrected chi connectivity index (χ4v) is 3.21. The Labute approximate surface area is 181 Å². The van der Waals surface area contributed by atoms with E-state index in [1.807, 2.05) is 0 Å². The second kappa shape index (κ2) is 10.00. The van der Waals surface area contributed by atoms with Crippen LogP contribution in [0.25, 0.3) is 0 Å². The fourth-order valence-electron chi connectivity index (χ4n) is 3.01. The summed E-state index contributed by atoms with van der Waals surface area (Å²) in [7, 11) is 1.28. The van der Waals surface area contributed by atoms with Gasteiger partial charge >= 0.3 is 12.1 Å². The molecule has 168 valence electrons. The molecule has 0 aliphatic carbocycles. The zero-order chi connectivity index (χ0) is 23.3. The number of amides is 1. The van der Waals surface area contributed by atoms with Gasteiger partial charge in [-0.1, -0.05) is 30.7 Å². The Morgan fingerprint density at radius 3 is 2.45 bits per heavy atom. The standard InChI is InChI=1S/C21H20ClF4NO4/c1-11(21(24,25)26)19(13-5-6-14(22)17(10-13)31-2)20(30)27-16-9-12(3-7-15(16)23)4-8-18(28)29/h3,5-7,9-11,19H,4,8H2,1-2H3,(H,27,30)(H,28,29)/t11-,19+/m1/s1. The SMILES string of the molecule is COc1cc([C@@H](C(=O)Nc2cc(CCC(=O)O)ccc2F)[C@@H](C)C(F)(F)F)ccc1Cl. The summed E-state index contributed by atoms with van der Waals surface area (Å²) in [6.07, 6.45) is -4.87. The highest BCUT2D eigenvalue weighted by molar-refractivity contribution is 6.32. The molecule has 2 aromatic rings. The van der Waals surface area contributed by atoms with Crippen LogP contribution in [0.1, 0.15) is 30.4 Å². The van der Waals surface area contributed by atoms with Crippen molar-refractivity contribution in [2.45, 2.75) is 31.9 Å². The summed E-state index contributed by atoms with van der Waals surface area (Å²) in [6.45, 7) is 0.852. The zero-order valence-corrected chi connectivity index (χ0v) is 17.4. The highest BCUT2D eigenvalue weighted by Gasteiger charge is 2.45. The molecule has 0 saturated heterocycles. The number of rotatable bonds is 8. The Kier molecular flexibility index (Phi) is 7.89. The van der Waals surface area contributed by atoms with Gasteiger partial charge in [-0.25, -0.2) is 4.39 Å². The summed E-state index contributed by atoms with van der Waals surface area (Å²) in [4.78, 5) is 23.6.